The van der Waals surface area contributed by atoms with Crippen LogP contribution in [0.25, 0.3) is 0 Å². The second-order valence-corrected chi connectivity index (χ2v) is 3.92. The zero-order valence-electron chi connectivity index (χ0n) is 11.8. The van der Waals surface area contributed by atoms with Crippen molar-refractivity contribution >= 4 is 17.8 Å². The molecular formula is C11H11F3N2O. The average Bonchev–Trinajstić information content (AvgIpc) is 2.71. The van der Waals surface area contributed by atoms with Crippen LogP contribution in [0.1, 0.15) is 21.4 Å². The van der Waals surface area contributed by atoms with Crippen LogP contribution in [-0.2, 0) is 6.98 Å². The summed E-state index contributed by atoms with van der Waals surface area (Å²) < 4.78 is 60.6. The van der Waals surface area contributed by atoms with E-state index in [1.807, 2.05) is 0 Å². The number of ketones is 1. The van der Waals surface area contributed by atoms with E-state index in [0.717, 1.165) is 23.9 Å². The summed E-state index contributed by atoms with van der Waals surface area (Å²) in [4.78, 5) is 15.8. The fraction of sp³-hybridized carbons (Fsp3) is 0.455. The average molecular weight is 247 g/mol. The second-order valence-electron chi connectivity index (χ2n) is 3.92. The van der Waals surface area contributed by atoms with Crippen molar-refractivity contribution in [2.24, 2.45) is 23.8 Å². The molecule has 0 aliphatic carbocycles. The predicted molar refractivity (Wildman–Crippen MR) is 56.6 cm³/mol. The van der Waals surface area contributed by atoms with Crippen LogP contribution in [0, 0.1) is 11.8 Å². The van der Waals surface area contributed by atoms with Crippen molar-refractivity contribution in [3.05, 3.63) is 17.8 Å². The lowest BCUT2D eigenvalue weighted by Gasteiger charge is -2.23. The summed E-state index contributed by atoms with van der Waals surface area (Å²) in [7, 11) is 0. The largest absolute Gasteiger partial charge is 0.392 e. The minimum Gasteiger partial charge on any atom is -0.335 e. The summed E-state index contributed by atoms with van der Waals surface area (Å²) in [6, 6.07) is 1.19. The van der Waals surface area contributed by atoms with E-state index >= 15 is 0 Å². The Morgan fingerprint density at radius 1 is 1.59 bits per heavy atom. The number of aliphatic imine (C=N–C) groups is 1. The molecule has 3 nitrogen and oxygen atoms in total. The van der Waals surface area contributed by atoms with E-state index in [4.69, 9.17) is 4.11 Å². The van der Waals surface area contributed by atoms with Crippen molar-refractivity contribution in [1.29, 1.82) is 0 Å². The van der Waals surface area contributed by atoms with Gasteiger partial charge in [-0.3, -0.25) is 4.79 Å². The molecule has 0 aromatic carbocycles. The first kappa shape index (κ1) is 8.49. The highest BCUT2D eigenvalue weighted by molar-refractivity contribution is 6.12. The highest BCUT2D eigenvalue weighted by atomic mass is 19.4. The lowest BCUT2D eigenvalue weighted by Crippen LogP contribution is -2.35. The van der Waals surface area contributed by atoms with Crippen molar-refractivity contribution in [2.45, 2.75) is 13.1 Å². The van der Waals surface area contributed by atoms with E-state index in [0.29, 0.717) is 0 Å². The topological polar surface area (TPSA) is 34.4 Å². The maximum absolute atomic E-state index is 12.7. The summed E-state index contributed by atoms with van der Waals surface area (Å²) in [5.74, 6) is -4.18. The van der Waals surface area contributed by atoms with Crippen LogP contribution in [0.4, 0.5) is 19.0 Å². The molecule has 17 heavy (non-hydrogen) atoms. The number of aromatic nitrogens is 1. The Hall–Kier alpha value is -1.59. The van der Waals surface area contributed by atoms with Gasteiger partial charge in [-0.2, -0.15) is 13.2 Å². The van der Waals surface area contributed by atoms with Gasteiger partial charge in [-0.1, -0.05) is 6.92 Å². The monoisotopic (exact) mass is 247 g/mol. The SMILES string of the molecule is [2H]C([2H])([2H])n1ccc2c1N=CC(C(C)C(F)(F)F)C2=O. The molecule has 0 N–H and O–H groups in total. The van der Waals surface area contributed by atoms with E-state index in [-0.39, 0.29) is 11.4 Å². The molecule has 0 bridgehead atoms. The third-order valence-electron chi connectivity index (χ3n) is 2.84. The third kappa shape index (κ3) is 1.87. The zero-order valence-corrected chi connectivity index (χ0v) is 8.82. The number of Topliss-reactive ketones (excluding diaryl/α,β-unsaturated/α-hetero) is 1. The Morgan fingerprint density at radius 2 is 2.29 bits per heavy atom. The first-order valence-corrected chi connectivity index (χ1v) is 4.90. The summed E-state index contributed by atoms with van der Waals surface area (Å²) >= 11 is 0. The number of aryl methyl sites for hydroxylation is 1. The van der Waals surface area contributed by atoms with Crippen LogP contribution in [0.5, 0.6) is 0 Å². The van der Waals surface area contributed by atoms with Crippen molar-refractivity contribution in [1.82, 2.24) is 4.57 Å². The van der Waals surface area contributed by atoms with Crippen LogP contribution in [0.15, 0.2) is 17.3 Å². The maximum atomic E-state index is 12.7. The highest BCUT2D eigenvalue weighted by Gasteiger charge is 2.45. The Morgan fingerprint density at radius 3 is 2.88 bits per heavy atom. The number of hydrogen-bond donors (Lipinski definition) is 0. The van der Waals surface area contributed by atoms with Gasteiger partial charge in [0.05, 0.1) is 17.4 Å². The molecule has 1 aliphatic heterocycles. The number of rotatable bonds is 1. The molecule has 0 saturated heterocycles. The van der Waals surface area contributed by atoms with Crippen molar-refractivity contribution in [2.75, 3.05) is 0 Å². The Bertz CT molecular complexity index is 574. The maximum Gasteiger partial charge on any atom is 0.392 e. The molecule has 6 heteroatoms. The first-order valence-electron chi connectivity index (χ1n) is 6.40. The minimum atomic E-state index is -4.52. The molecule has 1 aliphatic rings. The number of halogens is 3. The lowest BCUT2D eigenvalue weighted by molar-refractivity contribution is -0.173. The van der Waals surface area contributed by atoms with Gasteiger partial charge in [0.1, 0.15) is 5.82 Å². The second kappa shape index (κ2) is 3.72. The highest BCUT2D eigenvalue weighted by Crippen LogP contribution is 2.36. The molecule has 2 atom stereocenters. The van der Waals surface area contributed by atoms with Gasteiger partial charge in [0.25, 0.3) is 0 Å². The van der Waals surface area contributed by atoms with Gasteiger partial charge >= 0.3 is 6.18 Å². The normalized spacial score (nSPS) is 24.8. The van der Waals surface area contributed by atoms with Crippen LogP contribution in [0.3, 0.4) is 0 Å². The van der Waals surface area contributed by atoms with Gasteiger partial charge in [0.15, 0.2) is 5.78 Å². The summed E-state index contributed by atoms with van der Waals surface area (Å²) in [5.41, 5.74) is -0.0928. The molecule has 0 radical (unpaired) electrons. The van der Waals surface area contributed by atoms with Crippen LogP contribution < -0.4 is 0 Å². The van der Waals surface area contributed by atoms with Gasteiger partial charge in [0.2, 0.25) is 0 Å². The standard InChI is InChI=1S/C11H11F3N2O/c1-6(11(12,13)14)8-5-15-10-7(9(8)17)3-4-16(10)2/h3-6,8H,1-2H3/i2D3. The molecular weight excluding hydrogens is 233 g/mol. The van der Waals surface area contributed by atoms with E-state index in [1.165, 1.54) is 6.07 Å². The first-order chi connectivity index (χ1) is 9.03. The number of fused-ring (bicyclic) bond motifs is 1. The quantitative estimate of drug-likeness (QED) is 0.751. The van der Waals surface area contributed by atoms with Crippen LogP contribution in [-0.4, -0.2) is 22.7 Å². The number of carbonyl (C=O) groups is 1. The van der Waals surface area contributed by atoms with Gasteiger partial charge in [-0.05, 0) is 6.07 Å². The number of nitrogens with zero attached hydrogens (tertiary/aromatic N) is 2. The molecule has 0 saturated carbocycles. The van der Waals surface area contributed by atoms with E-state index in [1.54, 1.807) is 0 Å². The van der Waals surface area contributed by atoms with Crippen molar-refractivity contribution < 1.29 is 22.1 Å². The smallest absolute Gasteiger partial charge is 0.335 e. The molecule has 1 aromatic heterocycles. The lowest BCUT2D eigenvalue weighted by atomic mass is 9.86. The summed E-state index contributed by atoms with van der Waals surface area (Å²) in [6.07, 6.45) is -2.50. The molecule has 0 fully saturated rings. The van der Waals surface area contributed by atoms with Gasteiger partial charge in [0, 0.05) is 23.5 Å². The molecule has 0 spiro atoms. The number of alkyl halides is 3. The Labute approximate surface area is 100 Å². The van der Waals surface area contributed by atoms with Crippen LogP contribution in [0.2, 0.25) is 0 Å². The molecule has 92 valence electrons. The van der Waals surface area contributed by atoms with Crippen LogP contribution >= 0.6 is 0 Å². The number of hydrogen-bond acceptors (Lipinski definition) is 2. The molecule has 2 heterocycles. The molecule has 1 aromatic rings. The van der Waals surface area contributed by atoms with Gasteiger partial charge in [-0.15, -0.1) is 0 Å². The van der Waals surface area contributed by atoms with Gasteiger partial charge < -0.3 is 4.57 Å². The molecule has 0 amide bonds. The molecule has 2 unspecified atom stereocenters. The third-order valence-corrected chi connectivity index (χ3v) is 2.84. The van der Waals surface area contributed by atoms with Crippen molar-refractivity contribution in [3.63, 3.8) is 0 Å². The Kier molecular flexibility index (Phi) is 1.86. The minimum absolute atomic E-state index is 0.0928. The van der Waals surface area contributed by atoms with E-state index in [9.17, 15) is 18.0 Å². The fourth-order valence-electron chi connectivity index (χ4n) is 1.71. The van der Waals surface area contributed by atoms with Crippen molar-refractivity contribution in [3.8, 4) is 0 Å². The summed E-state index contributed by atoms with van der Waals surface area (Å²) in [5, 5.41) is 0. The van der Waals surface area contributed by atoms with E-state index in [2.05, 4.69) is 4.99 Å². The fourth-order valence-corrected chi connectivity index (χ4v) is 1.71. The summed E-state index contributed by atoms with van der Waals surface area (Å²) in [6.45, 7) is -1.63. The zero-order chi connectivity index (χ0) is 15.3. The number of carbonyl (C=O) groups excluding carboxylic acids is 1. The Balaban J connectivity index is 2.41. The van der Waals surface area contributed by atoms with Gasteiger partial charge in [-0.25, -0.2) is 4.99 Å². The molecule has 2 rings (SSSR count). The van der Waals surface area contributed by atoms with E-state index < -0.39 is 30.8 Å². The predicted octanol–water partition coefficient (Wildman–Crippen LogP) is 2.74.